The molecular formula is C16H23FIN3O. The molecule has 2 aliphatic rings. The van der Waals surface area contributed by atoms with E-state index in [0.717, 1.165) is 39.3 Å². The smallest absolute Gasteiger partial charge is 0.191 e. The molecule has 1 saturated heterocycles. The fourth-order valence-electron chi connectivity index (χ4n) is 2.74. The Morgan fingerprint density at radius 1 is 1.23 bits per heavy atom. The molecule has 1 aromatic carbocycles. The Balaban J connectivity index is 0.00000176. The highest BCUT2D eigenvalue weighted by molar-refractivity contribution is 14.0. The van der Waals surface area contributed by atoms with Gasteiger partial charge in [-0.2, -0.15) is 0 Å². The van der Waals surface area contributed by atoms with Crippen LogP contribution in [-0.2, 0) is 11.2 Å². The summed E-state index contributed by atoms with van der Waals surface area (Å²) in [6.45, 7) is 3.84. The minimum Gasteiger partial charge on any atom is -0.378 e. The van der Waals surface area contributed by atoms with Gasteiger partial charge in [-0.3, -0.25) is 4.99 Å². The number of rotatable bonds is 4. The maximum atomic E-state index is 12.9. The van der Waals surface area contributed by atoms with E-state index in [-0.39, 0.29) is 35.2 Å². The lowest BCUT2D eigenvalue weighted by atomic mass is 9.96. The first-order chi connectivity index (χ1) is 10.2. The number of halogens is 2. The van der Waals surface area contributed by atoms with Gasteiger partial charge in [0.1, 0.15) is 5.82 Å². The summed E-state index contributed by atoms with van der Waals surface area (Å²) in [5, 5.41) is 0. The molecule has 1 aromatic rings. The van der Waals surface area contributed by atoms with Crippen molar-refractivity contribution in [3.05, 3.63) is 35.6 Å². The summed E-state index contributed by atoms with van der Waals surface area (Å²) in [5.74, 6) is 0.446. The zero-order valence-electron chi connectivity index (χ0n) is 12.6. The van der Waals surface area contributed by atoms with Crippen molar-refractivity contribution in [1.29, 1.82) is 0 Å². The van der Waals surface area contributed by atoms with E-state index in [4.69, 9.17) is 10.5 Å². The molecule has 122 valence electrons. The Morgan fingerprint density at radius 3 is 2.45 bits per heavy atom. The lowest BCUT2D eigenvalue weighted by Gasteiger charge is -2.28. The van der Waals surface area contributed by atoms with Gasteiger partial charge in [0, 0.05) is 19.6 Å². The zero-order valence-corrected chi connectivity index (χ0v) is 15.0. The van der Waals surface area contributed by atoms with E-state index in [1.54, 1.807) is 0 Å². The fourth-order valence-corrected chi connectivity index (χ4v) is 2.74. The summed E-state index contributed by atoms with van der Waals surface area (Å²) >= 11 is 0. The number of nitrogens with zero attached hydrogens (tertiary/aromatic N) is 2. The summed E-state index contributed by atoms with van der Waals surface area (Å²) in [4.78, 5) is 6.67. The molecule has 1 aliphatic heterocycles. The molecule has 0 bridgehead atoms. The number of nitrogens with two attached hydrogens (primary N) is 1. The molecule has 0 amide bonds. The number of benzene rings is 1. The average Bonchev–Trinajstić information content (AvgIpc) is 3.28. The van der Waals surface area contributed by atoms with Crippen LogP contribution in [0.4, 0.5) is 4.39 Å². The van der Waals surface area contributed by atoms with Crippen molar-refractivity contribution < 1.29 is 9.13 Å². The van der Waals surface area contributed by atoms with Crippen molar-refractivity contribution in [2.75, 3.05) is 32.8 Å². The number of guanidine groups is 1. The van der Waals surface area contributed by atoms with Crippen LogP contribution in [0.3, 0.4) is 0 Å². The van der Waals surface area contributed by atoms with Crippen LogP contribution in [0.1, 0.15) is 18.4 Å². The molecule has 0 radical (unpaired) electrons. The van der Waals surface area contributed by atoms with Crippen LogP contribution in [-0.4, -0.2) is 43.7 Å². The number of hydrogen-bond donors (Lipinski definition) is 1. The van der Waals surface area contributed by atoms with Crippen molar-refractivity contribution in [2.45, 2.75) is 19.3 Å². The van der Waals surface area contributed by atoms with Crippen LogP contribution >= 0.6 is 24.0 Å². The van der Waals surface area contributed by atoms with Crippen LogP contribution in [0, 0.1) is 11.2 Å². The van der Waals surface area contributed by atoms with Crippen molar-refractivity contribution in [2.24, 2.45) is 16.1 Å². The number of morpholine rings is 1. The van der Waals surface area contributed by atoms with Crippen LogP contribution in [0.25, 0.3) is 0 Å². The first-order valence-electron chi connectivity index (χ1n) is 7.54. The van der Waals surface area contributed by atoms with Gasteiger partial charge in [0.25, 0.3) is 0 Å². The van der Waals surface area contributed by atoms with E-state index in [9.17, 15) is 4.39 Å². The maximum Gasteiger partial charge on any atom is 0.191 e. The zero-order chi connectivity index (χ0) is 14.7. The quantitative estimate of drug-likeness (QED) is 0.464. The Bertz CT molecular complexity index is 511. The standard InChI is InChI=1S/C16H22FN3O.HI/c17-14-3-1-13(2-4-14)11-16(5-6-16)12-19-15(18)20-7-9-21-10-8-20;/h1-4H,5-12H2,(H2,18,19);1H. The third-order valence-electron chi connectivity index (χ3n) is 4.36. The van der Waals surface area contributed by atoms with Crippen LogP contribution in [0.5, 0.6) is 0 Å². The first kappa shape index (κ1) is 17.5. The molecule has 22 heavy (non-hydrogen) atoms. The fraction of sp³-hybridized carbons (Fsp3) is 0.562. The molecule has 4 nitrogen and oxygen atoms in total. The van der Waals surface area contributed by atoms with E-state index in [2.05, 4.69) is 9.89 Å². The monoisotopic (exact) mass is 419 g/mol. The first-order valence-corrected chi connectivity index (χ1v) is 7.54. The maximum absolute atomic E-state index is 12.9. The Morgan fingerprint density at radius 2 is 1.86 bits per heavy atom. The molecule has 0 aromatic heterocycles. The normalized spacial score (nSPS) is 20.4. The van der Waals surface area contributed by atoms with Gasteiger partial charge in [0.05, 0.1) is 13.2 Å². The van der Waals surface area contributed by atoms with Gasteiger partial charge < -0.3 is 15.4 Å². The predicted molar refractivity (Wildman–Crippen MR) is 96.1 cm³/mol. The van der Waals surface area contributed by atoms with Gasteiger partial charge in [-0.25, -0.2) is 4.39 Å². The van der Waals surface area contributed by atoms with Crippen molar-refractivity contribution >= 4 is 29.9 Å². The van der Waals surface area contributed by atoms with Crippen LogP contribution in [0.2, 0.25) is 0 Å². The molecule has 2 N–H and O–H groups in total. The number of aliphatic imine (C=N–C) groups is 1. The second-order valence-corrected chi connectivity index (χ2v) is 6.08. The molecule has 1 heterocycles. The van der Waals surface area contributed by atoms with Crippen molar-refractivity contribution in [3.8, 4) is 0 Å². The molecule has 1 aliphatic carbocycles. The molecule has 0 spiro atoms. The largest absolute Gasteiger partial charge is 0.378 e. The van der Waals surface area contributed by atoms with E-state index in [1.807, 2.05) is 12.1 Å². The number of hydrogen-bond acceptors (Lipinski definition) is 2. The lowest BCUT2D eigenvalue weighted by molar-refractivity contribution is 0.0674. The highest BCUT2D eigenvalue weighted by Gasteiger charge is 2.42. The summed E-state index contributed by atoms with van der Waals surface area (Å²) < 4.78 is 18.3. The van der Waals surface area contributed by atoms with Crippen molar-refractivity contribution in [1.82, 2.24) is 4.90 Å². The number of ether oxygens (including phenoxy) is 1. The van der Waals surface area contributed by atoms with E-state index in [0.29, 0.717) is 5.96 Å². The molecule has 1 saturated carbocycles. The van der Waals surface area contributed by atoms with Gasteiger partial charge >= 0.3 is 0 Å². The van der Waals surface area contributed by atoms with Gasteiger partial charge in [0.2, 0.25) is 0 Å². The second-order valence-electron chi connectivity index (χ2n) is 6.08. The van der Waals surface area contributed by atoms with Crippen LogP contribution in [0.15, 0.2) is 29.3 Å². The topological polar surface area (TPSA) is 50.8 Å². The Labute approximate surface area is 147 Å². The second kappa shape index (κ2) is 7.59. The van der Waals surface area contributed by atoms with E-state index in [1.165, 1.54) is 30.5 Å². The highest BCUT2D eigenvalue weighted by atomic mass is 127. The summed E-state index contributed by atoms with van der Waals surface area (Å²) in [7, 11) is 0. The highest BCUT2D eigenvalue weighted by Crippen LogP contribution is 2.48. The molecule has 6 heteroatoms. The van der Waals surface area contributed by atoms with Crippen molar-refractivity contribution in [3.63, 3.8) is 0 Å². The third kappa shape index (κ3) is 4.55. The molecule has 2 fully saturated rings. The molecule has 3 rings (SSSR count). The Kier molecular flexibility index (Phi) is 6.02. The SMILES string of the molecule is I.NC(=NCC1(Cc2ccc(F)cc2)CC1)N1CCOCC1. The summed E-state index contributed by atoms with van der Waals surface area (Å²) in [5.41, 5.74) is 7.47. The summed E-state index contributed by atoms with van der Waals surface area (Å²) in [6.07, 6.45) is 3.29. The predicted octanol–water partition coefficient (Wildman–Crippen LogP) is 2.41. The molecule has 0 unspecified atom stereocenters. The van der Waals surface area contributed by atoms with Gasteiger partial charge in [0.15, 0.2) is 5.96 Å². The van der Waals surface area contributed by atoms with Gasteiger partial charge in [-0.05, 0) is 42.4 Å². The van der Waals surface area contributed by atoms with E-state index >= 15 is 0 Å². The summed E-state index contributed by atoms with van der Waals surface area (Å²) in [6, 6.07) is 6.78. The third-order valence-corrected chi connectivity index (χ3v) is 4.36. The minimum atomic E-state index is -0.182. The molecule has 0 atom stereocenters. The van der Waals surface area contributed by atoms with Gasteiger partial charge in [-0.1, -0.05) is 12.1 Å². The minimum absolute atomic E-state index is 0. The van der Waals surface area contributed by atoms with Gasteiger partial charge in [-0.15, -0.1) is 24.0 Å². The molecular weight excluding hydrogens is 396 g/mol. The van der Waals surface area contributed by atoms with E-state index < -0.39 is 0 Å². The Hall–Kier alpha value is -0.890. The lowest BCUT2D eigenvalue weighted by Crippen LogP contribution is -2.45. The van der Waals surface area contributed by atoms with Crippen LogP contribution < -0.4 is 5.73 Å². The average molecular weight is 419 g/mol.